The van der Waals surface area contributed by atoms with Crippen molar-refractivity contribution in [1.82, 2.24) is 20.5 Å². The number of nitrogens with zero attached hydrogens (tertiary/aromatic N) is 3. The van der Waals surface area contributed by atoms with Crippen LogP contribution in [-0.2, 0) is 0 Å². The fraction of sp³-hybridized carbons (Fsp3) is 0.636. The Morgan fingerprint density at radius 3 is 3.00 bits per heavy atom. The van der Waals surface area contributed by atoms with E-state index in [9.17, 15) is 0 Å². The molecular formula is C11H22N6. The largest absolute Gasteiger partial charge is 0.368 e. The van der Waals surface area contributed by atoms with Gasteiger partial charge in [0.1, 0.15) is 0 Å². The summed E-state index contributed by atoms with van der Waals surface area (Å²) in [7, 11) is 1.96. The van der Waals surface area contributed by atoms with E-state index in [4.69, 9.17) is 5.73 Å². The van der Waals surface area contributed by atoms with Gasteiger partial charge in [0.05, 0.1) is 0 Å². The van der Waals surface area contributed by atoms with E-state index < -0.39 is 0 Å². The van der Waals surface area contributed by atoms with Crippen LogP contribution >= 0.6 is 0 Å². The van der Waals surface area contributed by atoms with Gasteiger partial charge in [0.2, 0.25) is 11.9 Å². The highest BCUT2D eigenvalue weighted by Gasteiger charge is 2.08. The first-order chi connectivity index (χ1) is 8.13. The van der Waals surface area contributed by atoms with E-state index >= 15 is 0 Å². The van der Waals surface area contributed by atoms with Crippen LogP contribution in [-0.4, -0.2) is 41.4 Å². The van der Waals surface area contributed by atoms with Gasteiger partial charge in [0.15, 0.2) is 0 Å². The molecule has 1 heterocycles. The van der Waals surface area contributed by atoms with Crippen molar-refractivity contribution in [2.45, 2.75) is 25.8 Å². The van der Waals surface area contributed by atoms with Gasteiger partial charge in [0.25, 0.3) is 0 Å². The maximum Gasteiger partial charge on any atom is 0.246 e. The van der Waals surface area contributed by atoms with Gasteiger partial charge in [-0.1, -0.05) is 6.08 Å². The zero-order valence-electron chi connectivity index (χ0n) is 10.6. The van der Waals surface area contributed by atoms with Gasteiger partial charge in [-0.2, -0.15) is 4.98 Å². The highest BCUT2D eigenvalue weighted by atomic mass is 15.4. The van der Waals surface area contributed by atoms with Crippen LogP contribution in [0.1, 0.15) is 19.8 Å². The number of anilines is 2. The minimum Gasteiger partial charge on any atom is -0.368 e. The SMILES string of the molecule is C=CCCNC(C)CCN(C)c1n[nH]c(N)n1. The average molecular weight is 238 g/mol. The molecule has 0 spiro atoms. The number of nitrogen functional groups attached to an aromatic ring is 1. The Balaban J connectivity index is 2.23. The lowest BCUT2D eigenvalue weighted by molar-refractivity contribution is 0.519. The first-order valence-electron chi connectivity index (χ1n) is 5.86. The Labute approximate surface area is 102 Å². The molecule has 17 heavy (non-hydrogen) atoms. The van der Waals surface area contributed by atoms with E-state index in [2.05, 4.69) is 34.0 Å². The van der Waals surface area contributed by atoms with Crippen LogP contribution in [0.2, 0.25) is 0 Å². The monoisotopic (exact) mass is 238 g/mol. The molecule has 0 bridgehead atoms. The lowest BCUT2D eigenvalue weighted by Crippen LogP contribution is -2.31. The van der Waals surface area contributed by atoms with Crippen LogP contribution in [0.4, 0.5) is 11.9 Å². The Hall–Kier alpha value is -1.56. The van der Waals surface area contributed by atoms with Crippen LogP contribution in [0.3, 0.4) is 0 Å². The van der Waals surface area contributed by atoms with Crippen LogP contribution in [0.25, 0.3) is 0 Å². The number of H-pyrrole nitrogens is 1. The average Bonchev–Trinajstić information content (AvgIpc) is 2.73. The third-order valence-corrected chi connectivity index (χ3v) is 2.57. The molecule has 1 rings (SSSR count). The van der Waals surface area contributed by atoms with Gasteiger partial charge in [-0.3, -0.25) is 0 Å². The minimum atomic E-state index is 0.351. The molecule has 0 saturated heterocycles. The molecule has 0 aliphatic rings. The van der Waals surface area contributed by atoms with E-state index in [0.717, 1.165) is 25.9 Å². The summed E-state index contributed by atoms with van der Waals surface area (Å²) in [5.41, 5.74) is 5.48. The lowest BCUT2D eigenvalue weighted by Gasteiger charge is -2.18. The molecule has 0 aliphatic carbocycles. The number of aromatic amines is 1. The first-order valence-corrected chi connectivity index (χ1v) is 5.86. The molecule has 0 aliphatic heterocycles. The third-order valence-electron chi connectivity index (χ3n) is 2.57. The minimum absolute atomic E-state index is 0.351. The summed E-state index contributed by atoms with van der Waals surface area (Å²) < 4.78 is 0. The fourth-order valence-corrected chi connectivity index (χ4v) is 1.46. The maximum atomic E-state index is 5.48. The van der Waals surface area contributed by atoms with Gasteiger partial charge in [-0.25, -0.2) is 5.10 Å². The Morgan fingerprint density at radius 2 is 2.41 bits per heavy atom. The smallest absolute Gasteiger partial charge is 0.246 e. The van der Waals surface area contributed by atoms with E-state index in [1.807, 2.05) is 18.0 Å². The molecule has 0 amide bonds. The molecular weight excluding hydrogens is 216 g/mol. The zero-order chi connectivity index (χ0) is 12.7. The summed E-state index contributed by atoms with van der Waals surface area (Å²) in [6, 6.07) is 0.466. The second-order valence-corrected chi connectivity index (χ2v) is 4.16. The van der Waals surface area contributed by atoms with Crippen molar-refractivity contribution >= 4 is 11.9 Å². The van der Waals surface area contributed by atoms with Crippen molar-refractivity contribution in [3.63, 3.8) is 0 Å². The molecule has 1 aromatic rings. The highest BCUT2D eigenvalue weighted by Crippen LogP contribution is 2.06. The predicted molar refractivity (Wildman–Crippen MR) is 71.0 cm³/mol. The molecule has 1 unspecified atom stereocenters. The van der Waals surface area contributed by atoms with Crippen molar-refractivity contribution in [2.24, 2.45) is 0 Å². The van der Waals surface area contributed by atoms with Crippen molar-refractivity contribution in [3.8, 4) is 0 Å². The van der Waals surface area contributed by atoms with Gasteiger partial charge in [0, 0.05) is 19.6 Å². The molecule has 0 saturated carbocycles. The fourth-order valence-electron chi connectivity index (χ4n) is 1.46. The predicted octanol–water partition coefficient (Wildman–Crippen LogP) is 0.767. The van der Waals surface area contributed by atoms with Crippen molar-refractivity contribution in [3.05, 3.63) is 12.7 Å². The summed E-state index contributed by atoms with van der Waals surface area (Å²) in [4.78, 5) is 6.05. The van der Waals surface area contributed by atoms with Crippen molar-refractivity contribution in [2.75, 3.05) is 30.8 Å². The van der Waals surface area contributed by atoms with E-state index in [-0.39, 0.29) is 0 Å². The molecule has 96 valence electrons. The number of nitrogens with two attached hydrogens (primary N) is 1. The Morgan fingerprint density at radius 1 is 1.65 bits per heavy atom. The number of rotatable bonds is 8. The second kappa shape index (κ2) is 6.90. The summed E-state index contributed by atoms with van der Waals surface area (Å²) in [6.07, 6.45) is 3.95. The number of nitrogens with one attached hydrogen (secondary N) is 2. The number of hydrogen-bond donors (Lipinski definition) is 3. The highest BCUT2D eigenvalue weighted by molar-refractivity contribution is 5.32. The topological polar surface area (TPSA) is 82.9 Å². The van der Waals surface area contributed by atoms with Crippen LogP contribution in [0, 0.1) is 0 Å². The molecule has 0 radical (unpaired) electrons. The van der Waals surface area contributed by atoms with Crippen molar-refractivity contribution in [1.29, 1.82) is 0 Å². The lowest BCUT2D eigenvalue weighted by atomic mass is 10.2. The summed E-state index contributed by atoms with van der Waals surface area (Å²) in [6.45, 7) is 7.73. The summed E-state index contributed by atoms with van der Waals surface area (Å²) in [5.74, 6) is 0.991. The molecule has 6 nitrogen and oxygen atoms in total. The van der Waals surface area contributed by atoms with Gasteiger partial charge in [-0.05, 0) is 26.3 Å². The third kappa shape index (κ3) is 4.86. The molecule has 1 aromatic heterocycles. The quantitative estimate of drug-likeness (QED) is 0.460. The van der Waals surface area contributed by atoms with E-state index in [0.29, 0.717) is 17.9 Å². The maximum absolute atomic E-state index is 5.48. The molecule has 0 aromatic carbocycles. The number of aromatic nitrogens is 3. The molecule has 4 N–H and O–H groups in total. The second-order valence-electron chi connectivity index (χ2n) is 4.16. The molecule has 6 heteroatoms. The van der Waals surface area contributed by atoms with E-state index in [1.54, 1.807) is 0 Å². The van der Waals surface area contributed by atoms with Crippen LogP contribution in [0.15, 0.2) is 12.7 Å². The standard InChI is InChI=1S/C11H22N6/c1-4-5-7-13-9(2)6-8-17(3)11-14-10(12)15-16-11/h4,9,13H,1,5-8H2,2-3H3,(H3,12,14,15,16). The van der Waals surface area contributed by atoms with Crippen LogP contribution < -0.4 is 16.0 Å². The Bertz CT molecular complexity index is 334. The Kier molecular flexibility index (Phi) is 5.48. The summed E-state index contributed by atoms with van der Waals surface area (Å²) >= 11 is 0. The molecule has 1 atom stereocenters. The summed E-state index contributed by atoms with van der Waals surface area (Å²) in [5, 5.41) is 10.1. The van der Waals surface area contributed by atoms with Gasteiger partial charge < -0.3 is 16.0 Å². The first kappa shape index (κ1) is 13.5. The normalized spacial score (nSPS) is 12.4. The van der Waals surface area contributed by atoms with E-state index in [1.165, 1.54) is 0 Å². The zero-order valence-corrected chi connectivity index (χ0v) is 10.6. The van der Waals surface area contributed by atoms with Gasteiger partial charge in [-0.15, -0.1) is 11.7 Å². The number of hydrogen-bond acceptors (Lipinski definition) is 5. The van der Waals surface area contributed by atoms with Gasteiger partial charge >= 0.3 is 0 Å². The molecule has 0 fully saturated rings. The van der Waals surface area contributed by atoms with Crippen LogP contribution in [0.5, 0.6) is 0 Å². The van der Waals surface area contributed by atoms with Crippen molar-refractivity contribution < 1.29 is 0 Å².